The van der Waals surface area contributed by atoms with Gasteiger partial charge in [-0.3, -0.25) is 4.79 Å². The minimum atomic E-state index is 0.0983. The van der Waals surface area contributed by atoms with Crippen LogP contribution in [0.15, 0.2) is 48.5 Å². The molecular weight excluding hydrogens is 234 g/mol. The van der Waals surface area contributed by atoms with E-state index in [1.165, 1.54) is 5.56 Å². The van der Waals surface area contributed by atoms with Gasteiger partial charge in [0.25, 0.3) is 5.91 Å². The summed E-state index contributed by atoms with van der Waals surface area (Å²) in [6, 6.07) is 16.2. The highest BCUT2D eigenvalue weighted by molar-refractivity contribution is 6.07. The van der Waals surface area contributed by atoms with Crippen molar-refractivity contribution in [3.63, 3.8) is 0 Å². The van der Waals surface area contributed by atoms with Gasteiger partial charge in [0.2, 0.25) is 0 Å². The van der Waals surface area contributed by atoms with Crippen molar-refractivity contribution in [2.24, 2.45) is 0 Å². The van der Waals surface area contributed by atoms with Gasteiger partial charge in [-0.2, -0.15) is 0 Å². The molecule has 2 nitrogen and oxygen atoms in total. The van der Waals surface area contributed by atoms with Crippen LogP contribution in [0, 0.1) is 6.92 Å². The van der Waals surface area contributed by atoms with Crippen molar-refractivity contribution in [2.45, 2.75) is 26.3 Å². The first-order chi connectivity index (χ1) is 9.16. The number of amides is 1. The number of nitrogens with zero attached hydrogens (tertiary/aromatic N) is 1. The summed E-state index contributed by atoms with van der Waals surface area (Å²) < 4.78 is 0. The highest BCUT2D eigenvalue weighted by atomic mass is 16.2. The van der Waals surface area contributed by atoms with E-state index in [-0.39, 0.29) is 11.9 Å². The third-order valence-electron chi connectivity index (χ3n) is 3.69. The van der Waals surface area contributed by atoms with Gasteiger partial charge in [0, 0.05) is 17.3 Å². The standard InChI is InChI=1S/C17H17NO/c1-12-6-5-8-15(10-12)17(19)18-13(2)11-14-7-3-4-9-16(14)18/h3-10,13H,11H2,1-2H3/t13-/m0/s1. The maximum atomic E-state index is 12.7. The topological polar surface area (TPSA) is 20.3 Å². The van der Waals surface area contributed by atoms with E-state index >= 15 is 0 Å². The Balaban J connectivity index is 2.01. The van der Waals surface area contributed by atoms with Crippen molar-refractivity contribution in [3.05, 3.63) is 65.2 Å². The van der Waals surface area contributed by atoms with Crippen LogP contribution in [-0.2, 0) is 6.42 Å². The van der Waals surface area contributed by atoms with Gasteiger partial charge >= 0.3 is 0 Å². The normalized spacial score (nSPS) is 17.4. The lowest BCUT2D eigenvalue weighted by Gasteiger charge is -2.23. The summed E-state index contributed by atoms with van der Waals surface area (Å²) in [4.78, 5) is 14.6. The molecular formula is C17H17NO. The Morgan fingerprint density at radius 3 is 2.74 bits per heavy atom. The van der Waals surface area contributed by atoms with Crippen LogP contribution in [0.5, 0.6) is 0 Å². The van der Waals surface area contributed by atoms with Crippen LogP contribution in [0.4, 0.5) is 5.69 Å². The van der Waals surface area contributed by atoms with Gasteiger partial charge in [-0.25, -0.2) is 0 Å². The van der Waals surface area contributed by atoms with Crippen LogP contribution >= 0.6 is 0 Å². The van der Waals surface area contributed by atoms with E-state index in [1.807, 2.05) is 54.3 Å². The number of aryl methyl sites for hydroxylation is 1. The third kappa shape index (κ3) is 2.03. The molecule has 0 aromatic heterocycles. The molecule has 2 aromatic rings. The summed E-state index contributed by atoms with van der Waals surface area (Å²) in [7, 11) is 0. The fourth-order valence-electron chi connectivity index (χ4n) is 2.79. The zero-order valence-electron chi connectivity index (χ0n) is 11.3. The number of fused-ring (bicyclic) bond motifs is 1. The largest absolute Gasteiger partial charge is 0.305 e. The number of carbonyl (C=O) groups excluding carboxylic acids is 1. The number of hydrogen-bond donors (Lipinski definition) is 0. The average Bonchev–Trinajstić information content (AvgIpc) is 2.74. The Bertz CT molecular complexity index is 633. The summed E-state index contributed by atoms with van der Waals surface area (Å²) >= 11 is 0. The molecule has 0 saturated carbocycles. The molecule has 1 heterocycles. The molecule has 0 radical (unpaired) electrons. The summed E-state index contributed by atoms with van der Waals surface area (Å²) in [5, 5.41) is 0. The quantitative estimate of drug-likeness (QED) is 0.758. The minimum Gasteiger partial charge on any atom is -0.305 e. The Hall–Kier alpha value is -2.09. The van der Waals surface area contributed by atoms with Crippen LogP contribution in [0.2, 0.25) is 0 Å². The Morgan fingerprint density at radius 1 is 1.16 bits per heavy atom. The van der Waals surface area contributed by atoms with Gasteiger partial charge < -0.3 is 4.90 Å². The second-order valence-electron chi connectivity index (χ2n) is 5.23. The molecule has 1 atom stereocenters. The number of benzene rings is 2. The maximum absolute atomic E-state index is 12.7. The van der Waals surface area contributed by atoms with E-state index in [0.29, 0.717) is 0 Å². The smallest absolute Gasteiger partial charge is 0.258 e. The predicted octanol–water partition coefficient (Wildman–Crippen LogP) is 3.59. The van der Waals surface area contributed by atoms with E-state index in [2.05, 4.69) is 13.0 Å². The number of carbonyl (C=O) groups is 1. The second kappa shape index (κ2) is 4.54. The minimum absolute atomic E-state index is 0.0983. The van der Waals surface area contributed by atoms with E-state index in [4.69, 9.17) is 0 Å². The number of hydrogen-bond acceptors (Lipinski definition) is 1. The average molecular weight is 251 g/mol. The SMILES string of the molecule is Cc1cccc(C(=O)N2c3ccccc3C[C@@H]2C)c1. The van der Waals surface area contributed by atoms with Crippen molar-refractivity contribution in [3.8, 4) is 0 Å². The fraction of sp³-hybridized carbons (Fsp3) is 0.235. The molecule has 0 bridgehead atoms. The number of para-hydroxylation sites is 1. The van der Waals surface area contributed by atoms with Crippen molar-refractivity contribution in [2.75, 3.05) is 4.90 Å². The molecule has 0 unspecified atom stereocenters. The molecule has 2 heteroatoms. The predicted molar refractivity (Wildman–Crippen MR) is 77.6 cm³/mol. The number of anilines is 1. The summed E-state index contributed by atoms with van der Waals surface area (Å²) in [5.74, 6) is 0.0983. The van der Waals surface area contributed by atoms with E-state index in [9.17, 15) is 4.79 Å². The third-order valence-corrected chi connectivity index (χ3v) is 3.69. The highest BCUT2D eigenvalue weighted by Gasteiger charge is 2.30. The molecule has 96 valence electrons. The lowest BCUT2D eigenvalue weighted by Crippen LogP contribution is -2.35. The first-order valence-corrected chi connectivity index (χ1v) is 6.65. The van der Waals surface area contributed by atoms with Crippen molar-refractivity contribution in [1.82, 2.24) is 0 Å². The van der Waals surface area contributed by atoms with Crippen LogP contribution in [0.25, 0.3) is 0 Å². The molecule has 0 aliphatic carbocycles. The van der Waals surface area contributed by atoms with Crippen molar-refractivity contribution in [1.29, 1.82) is 0 Å². The van der Waals surface area contributed by atoms with Gasteiger partial charge in [0.15, 0.2) is 0 Å². The summed E-state index contributed by atoms with van der Waals surface area (Å²) in [6.07, 6.45) is 0.938. The molecule has 1 aliphatic rings. The first-order valence-electron chi connectivity index (χ1n) is 6.65. The zero-order chi connectivity index (χ0) is 13.4. The molecule has 0 saturated heterocycles. The van der Waals surface area contributed by atoms with E-state index in [1.54, 1.807) is 0 Å². The molecule has 0 N–H and O–H groups in total. The van der Waals surface area contributed by atoms with Crippen LogP contribution in [0.3, 0.4) is 0 Å². The fourth-order valence-corrected chi connectivity index (χ4v) is 2.79. The Morgan fingerprint density at radius 2 is 1.95 bits per heavy atom. The van der Waals surface area contributed by atoms with Gasteiger partial charge in [0.1, 0.15) is 0 Å². The molecule has 19 heavy (non-hydrogen) atoms. The van der Waals surface area contributed by atoms with Crippen molar-refractivity contribution < 1.29 is 4.79 Å². The zero-order valence-corrected chi connectivity index (χ0v) is 11.3. The van der Waals surface area contributed by atoms with Gasteiger partial charge in [0.05, 0.1) is 0 Å². The summed E-state index contributed by atoms with van der Waals surface area (Å²) in [5.41, 5.74) is 4.20. The van der Waals surface area contributed by atoms with Crippen LogP contribution in [-0.4, -0.2) is 11.9 Å². The lowest BCUT2D eigenvalue weighted by molar-refractivity contribution is 0.0981. The maximum Gasteiger partial charge on any atom is 0.258 e. The molecule has 0 spiro atoms. The molecule has 2 aromatic carbocycles. The highest BCUT2D eigenvalue weighted by Crippen LogP contribution is 2.33. The second-order valence-corrected chi connectivity index (χ2v) is 5.23. The first kappa shape index (κ1) is 12.0. The van der Waals surface area contributed by atoms with Crippen molar-refractivity contribution >= 4 is 11.6 Å². The molecule has 1 amide bonds. The molecule has 1 aliphatic heterocycles. The molecule has 0 fully saturated rings. The van der Waals surface area contributed by atoms with Gasteiger partial charge in [-0.1, -0.05) is 35.9 Å². The lowest BCUT2D eigenvalue weighted by atomic mass is 10.1. The van der Waals surface area contributed by atoms with E-state index in [0.717, 1.165) is 23.2 Å². The monoisotopic (exact) mass is 251 g/mol. The van der Waals surface area contributed by atoms with Gasteiger partial charge in [-0.05, 0) is 44.0 Å². The number of rotatable bonds is 1. The van der Waals surface area contributed by atoms with Gasteiger partial charge in [-0.15, -0.1) is 0 Å². The van der Waals surface area contributed by atoms with Crippen LogP contribution in [0.1, 0.15) is 28.4 Å². The Kier molecular flexibility index (Phi) is 2.86. The van der Waals surface area contributed by atoms with Crippen LogP contribution < -0.4 is 4.90 Å². The Labute approximate surface area is 113 Å². The summed E-state index contributed by atoms with van der Waals surface area (Å²) in [6.45, 7) is 4.12. The van der Waals surface area contributed by atoms with E-state index < -0.39 is 0 Å². The molecule has 3 rings (SSSR count).